The summed E-state index contributed by atoms with van der Waals surface area (Å²) in [5, 5.41) is 9.25. The summed E-state index contributed by atoms with van der Waals surface area (Å²) in [6.45, 7) is 1.77. The van der Waals surface area contributed by atoms with Crippen molar-refractivity contribution in [3.63, 3.8) is 0 Å². The van der Waals surface area contributed by atoms with Crippen LogP contribution in [0.4, 0.5) is 4.39 Å². The van der Waals surface area contributed by atoms with Crippen LogP contribution in [-0.4, -0.2) is 24.2 Å². The van der Waals surface area contributed by atoms with Gasteiger partial charge in [0.25, 0.3) is 0 Å². The molecule has 3 aromatic rings. The lowest BCUT2D eigenvalue weighted by atomic mass is 9.91. The number of rotatable bonds is 8. The molecule has 1 saturated carbocycles. The third-order valence-electron chi connectivity index (χ3n) is 6.01. The lowest BCUT2D eigenvalue weighted by molar-refractivity contribution is -0.137. The van der Waals surface area contributed by atoms with Crippen LogP contribution in [0.3, 0.4) is 0 Å². The number of aliphatic carboxylic acids is 1. The van der Waals surface area contributed by atoms with E-state index in [1.54, 1.807) is 55.5 Å². The van der Waals surface area contributed by atoms with Crippen molar-refractivity contribution < 1.29 is 28.6 Å². The van der Waals surface area contributed by atoms with Crippen molar-refractivity contribution >= 4 is 11.9 Å². The quantitative estimate of drug-likeness (QED) is 0.338. The number of methoxy groups -OCH3 is 1. The zero-order valence-electron chi connectivity index (χ0n) is 18.5. The first-order valence-electron chi connectivity index (χ1n) is 10.8. The number of hydrogen-bond donors (Lipinski definition) is 1. The van der Waals surface area contributed by atoms with Crippen LogP contribution in [-0.2, 0) is 4.79 Å². The van der Waals surface area contributed by atoms with Gasteiger partial charge in [0.1, 0.15) is 17.3 Å². The van der Waals surface area contributed by atoms with E-state index in [0.717, 1.165) is 18.4 Å². The number of hydrogen-bond acceptors (Lipinski definition) is 4. The predicted molar refractivity (Wildman–Crippen MR) is 122 cm³/mol. The number of aryl methyl sites for hydroxylation is 1. The average molecular weight is 448 g/mol. The van der Waals surface area contributed by atoms with Crippen LogP contribution in [0.5, 0.6) is 11.5 Å². The van der Waals surface area contributed by atoms with Gasteiger partial charge in [-0.25, -0.2) is 9.18 Å². The van der Waals surface area contributed by atoms with Crippen LogP contribution in [0.25, 0.3) is 11.1 Å². The fourth-order valence-corrected chi connectivity index (χ4v) is 4.13. The number of ether oxygens (including phenoxy) is 2. The van der Waals surface area contributed by atoms with Gasteiger partial charge in [0.2, 0.25) is 0 Å². The molecule has 0 saturated heterocycles. The minimum Gasteiger partial charge on any atom is -0.497 e. The molecule has 33 heavy (non-hydrogen) atoms. The zero-order chi connectivity index (χ0) is 23.5. The largest absolute Gasteiger partial charge is 0.497 e. The van der Waals surface area contributed by atoms with Gasteiger partial charge >= 0.3 is 11.9 Å². The van der Waals surface area contributed by atoms with E-state index in [1.807, 2.05) is 6.07 Å². The topological polar surface area (TPSA) is 72.8 Å². The van der Waals surface area contributed by atoms with E-state index >= 15 is 0 Å². The number of carbonyl (C=O) groups excluding carboxylic acids is 1. The molecule has 0 radical (unpaired) electrons. The maximum absolute atomic E-state index is 14.3. The molecule has 5 nitrogen and oxygen atoms in total. The molecule has 0 heterocycles. The van der Waals surface area contributed by atoms with Crippen molar-refractivity contribution in [3.05, 3.63) is 83.2 Å². The summed E-state index contributed by atoms with van der Waals surface area (Å²) in [7, 11) is 1.52. The average Bonchev–Trinajstić information content (AvgIpc) is 3.63. The first-order valence-corrected chi connectivity index (χ1v) is 10.8. The van der Waals surface area contributed by atoms with Crippen molar-refractivity contribution in [2.24, 2.45) is 5.92 Å². The summed E-state index contributed by atoms with van der Waals surface area (Å²) in [5.74, 6) is -0.551. The summed E-state index contributed by atoms with van der Waals surface area (Å²) < 4.78 is 25.1. The Balaban J connectivity index is 1.54. The number of carboxylic acid groups (broad SMARTS) is 1. The van der Waals surface area contributed by atoms with Crippen molar-refractivity contribution in [3.8, 4) is 22.6 Å². The molecule has 0 amide bonds. The highest BCUT2D eigenvalue weighted by molar-refractivity contribution is 5.93. The second kappa shape index (κ2) is 9.45. The summed E-state index contributed by atoms with van der Waals surface area (Å²) in [5.41, 5.74) is 2.90. The smallest absolute Gasteiger partial charge is 0.343 e. The molecule has 1 aliphatic carbocycles. The fraction of sp³-hybridized carbons (Fsp3) is 0.259. The minimum absolute atomic E-state index is 0.0590. The maximum atomic E-state index is 14.3. The molecule has 1 fully saturated rings. The number of carboxylic acids is 1. The lowest BCUT2D eigenvalue weighted by Crippen LogP contribution is -2.12. The Hall–Kier alpha value is -3.67. The van der Waals surface area contributed by atoms with Gasteiger partial charge in [-0.2, -0.15) is 0 Å². The highest BCUT2D eigenvalue weighted by atomic mass is 19.1. The summed E-state index contributed by atoms with van der Waals surface area (Å²) >= 11 is 0. The third kappa shape index (κ3) is 5.22. The molecular formula is C27H25FO5. The Morgan fingerprint density at radius 2 is 1.85 bits per heavy atom. The van der Waals surface area contributed by atoms with Gasteiger partial charge in [-0.3, -0.25) is 4.79 Å². The molecule has 0 spiro atoms. The highest BCUT2D eigenvalue weighted by Crippen LogP contribution is 2.45. The standard InChI is InChI=1S/C27H25FO5/c1-16-12-19(24-14-20(32-2)9-11-25(24)28)8-10-22(16)27(31)33-21-5-3-4-18(13-21)23(15-26(29)30)17-6-7-17/h3-5,8-14,17,23H,6-7,15H2,1-2H3,(H,29,30)/t23-/m0/s1. The number of esters is 1. The Bertz CT molecular complexity index is 1200. The second-order valence-electron chi connectivity index (χ2n) is 8.38. The van der Waals surface area contributed by atoms with Crippen molar-refractivity contribution in [1.82, 2.24) is 0 Å². The van der Waals surface area contributed by atoms with Crippen molar-refractivity contribution in [2.75, 3.05) is 7.11 Å². The second-order valence-corrected chi connectivity index (χ2v) is 8.38. The van der Waals surface area contributed by atoms with Crippen LogP contribution in [0.2, 0.25) is 0 Å². The molecule has 3 aromatic carbocycles. The van der Waals surface area contributed by atoms with Crippen molar-refractivity contribution in [2.45, 2.75) is 32.1 Å². The van der Waals surface area contributed by atoms with Gasteiger partial charge in [-0.15, -0.1) is 0 Å². The van der Waals surface area contributed by atoms with E-state index in [0.29, 0.717) is 39.7 Å². The Morgan fingerprint density at radius 3 is 2.52 bits per heavy atom. The molecule has 0 unspecified atom stereocenters. The van der Waals surface area contributed by atoms with Crippen LogP contribution in [0.15, 0.2) is 60.7 Å². The summed E-state index contributed by atoms with van der Waals surface area (Å²) in [6.07, 6.45) is 2.09. The maximum Gasteiger partial charge on any atom is 0.343 e. The molecule has 1 aliphatic rings. The van der Waals surface area contributed by atoms with Gasteiger partial charge in [0.15, 0.2) is 0 Å². The SMILES string of the molecule is COc1ccc(F)c(-c2ccc(C(=O)Oc3cccc([C@@H](CC(=O)O)C4CC4)c3)c(C)c2)c1. The van der Waals surface area contributed by atoms with Crippen LogP contribution in [0, 0.1) is 18.7 Å². The van der Waals surface area contributed by atoms with E-state index in [2.05, 4.69) is 0 Å². The van der Waals surface area contributed by atoms with Crippen LogP contribution < -0.4 is 9.47 Å². The Morgan fingerprint density at radius 1 is 1.06 bits per heavy atom. The Kier molecular flexibility index (Phi) is 6.45. The molecule has 1 atom stereocenters. The summed E-state index contributed by atoms with van der Waals surface area (Å²) in [4.78, 5) is 24.1. The van der Waals surface area contributed by atoms with Gasteiger partial charge in [-0.1, -0.05) is 24.3 Å². The zero-order valence-corrected chi connectivity index (χ0v) is 18.5. The molecule has 1 N–H and O–H groups in total. The van der Waals surface area contributed by atoms with Crippen LogP contribution in [0.1, 0.15) is 46.7 Å². The van der Waals surface area contributed by atoms with E-state index < -0.39 is 11.9 Å². The van der Waals surface area contributed by atoms with Crippen molar-refractivity contribution in [1.29, 1.82) is 0 Å². The molecule has 0 aliphatic heterocycles. The minimum atomic E-state index is -0.836. The van der Waals surface area contributed by atoms with Gasteiger partial charge in [0, 0.05) is 5.56 Å². The van der Waals surface area contributed by atoms with E-state index in [4.69, 9.17) is 9.47 Å². The fourth-order valence-electron chi connectivity index (χ4n) is 4.13. The molecule has 0 bridgehead atoms. The third-order valence-corrected chi connectivity index (χ3v) is 6.01. The summed E-state index contributed by atoms with van der Waals surface area (Å²) in [6, 6.07) is 16.6. The van der Waals surface area contributed by atoms with Gasteiger partial charge < -0.3 is 14.6 Å². The highest BCUT2D eigenvalue weighted by Gasteiger charge is 2.34. The normalized spacial score (nSPS) is 13.9. The first-order chi connectivity index (χ1) is 15.9. The predicted octanol–water partition coefficient (Wildman–Crippen LogP) is 6.00. The number of carbonyl (C=O) groups is 2. The molecular weight excluding hydrogens is 423 g/mol. The molecule has 6 heteroatoms. The molecule has 170 valence electrons. The monoisotopic (exact) mass is 448 g/mol. The molecule has 0 aromatic heterocycles. The Labute approximate surface area is 191 Å². The number of halogens is 1. The van der Waals surface area contributed by atoms with Gasteiger partial charge in [-0.05, 0) is 84.7 Å². The number of benzene rings is 3. The van der Waals surface area contributed by atoms with Crippen LogP contribution >= 0.6 is 0 Å². The molecule has 4 rings (SSSR count). The van der Waals surface area contributed by atoms with E-state index in [1.165, 1.54) is 13.2 Å². The van der Waals surface area contributed by atoms with E-state index in [-0.39, 0.29) is 18.2 Å². The van der Waals surface area contributed by atoms with Gasteiger partial charge in [0.05, 0.1) is 19.1 Å². The lowest BCUT2D eigenvalue weighted by Gasteiger charge is -2.16. The first kappa shape index (κ1) is 22.5. The van der Waals surface area contributed by atoms with E-state index in [9.17, 15) is 19.1 Å².